The molecule has 0 radical (unpaired) electrons. The normalized spacial score (nSPS) is 26.8. The summed E-state index contributed by atoms with van der Waals surface area (Å²) in [5.74, 6) is -0.773. The fourth-order valence-electron chi connectivity index (χ4n) is 9.73. The van der Waals surface area contributed by atoms with Gasteiger partial charge in [-0.25, -0.2) is 0 Å². The second-order valence-corrected chi connectivity index (χ2v) is 20.7. The Bertz CT molecular complexity index is 1220. The first-order chi connectivity index (χ1) is 33.9. The maximum Gasteiger partial charge on any atom is 0.249 e. The molecule has 2 heterocycles. The maximum atomic E-state index is 13.4. The van der Waals surface area contributed by atoms with Crippen molar-refractivity contribution >= 4 is 5.91 Å². The lowest BCUT2D eigenvalue weighted by atomic mass is 9.97. The molecule has 0 spiro atoms. The second-order valence-electron chi connectivity index (χ2n) is 20.7. The van der Waals surface area contributed by atoms with E-state index in [9.17, 15) is 55.9 Å². The molecule has 16 heteroatoms. The number of carbonyl (C=O) groups is 1. The molecule has 0 bridgehead atoms. The van der Waals surface area contributed by atoms with E-state index in [1.165, 1.54) is 141 Å². The largest absolute Gasteiger partial charge is 0.394 e. The van der Waals surface area contributed by atoms with Crippen LogP contribution in [0.15, 0.2) is 0 Å². The van der Waals surface area contributed by atoms with E-state index in [4.69, 9.17) is 18.9 Å². The number of nitrogens with one attached hydrogen (secondary N) is 1. The van der Waals surface area contributed by atoms with E-state index in [-0.39, 0.29) is 12.8 Å². The van der Waals surface area contributed by atoms with Gasteiger partial charge in [-0.3, -0.25) is 4.79 Å². The fourth-order valence-corrected chi connectivity index (χ4v) is 9.73. The summed E-state index contributed by atoms with van der Waals surface area (Å²) in [6, 6.07) is -1.31. The minimum atomic E-state index is -1.87. The number of carbonyl (C=O) groups excluding carboxylic acids is 1. The number of hydrogen-bond acceptors (Lipinski definition) is 15. The average Bonchev–Trinajstić information content (AvgIpc) is 3.36. The lowest BCUT2D eigenvalue weighted by molar-refractivity contribution is -0.368. The van der Waals surface area contributed by atoms with Crippen molar-refractivity contribution in [1.82, 2.24) is 5.32 Å². The lowest BCUT2D eigenvalue weighted by Crippen LogP contribution is -2.65. The molecule has 2 aliphatic rings. The fraction of sp³-hybridized carbons (Fsp3) is 0.981. The van der Waals surface area contributed by atoms with E-state index in [0.717, 1.165) is 51.4 Å². The van der Waals surface area contributed by atoms with Crippen molar-refractivity contribution in [3.63, 3.8) is 0 Å². The Balaban J connectivity index is 1.87. The summed E-state index contributed by atoms with van der Waals surface area (Å²) in [4.78, 5) is 13.4. The van der Waals surface area contributed by atoms with Gasteiger partial charge in [-0.2, -0.15) is 0 Å². The lowest BCUT2D eigenvalue weighted by Gasteiger charge is -2.46. The van der Waals surface area contributed by atoms with E-state index < -0.39 is 111 Å². The highest BCUT2D eigenvalue weighted by atomic mass is 16.8. The Morgan fingerprint density at radius 1 is 0.471 bits per heavy atom. The van der Waals surface area contributed by atoms with Crippen molar-refractivity contribution in [3.05, 3.63) is 0 Å². The monoisotopic (exact) mass is 1010 g/mol. The molecule has 416 valence electrons. The maximum absolute atomic E-state index is 13.4. The van der Waals surface area contributed by atoms with Crippen molar-refractivity contribution in [1.29, 1.82) is 0 Å². The molecular formula is C54H105NO15. The van der Waals surface area contributed by atoms with Gasteiger partial charge in [0.15, 0.2) is 12.6 Å². The number of unbranched alkanes of at least 4 members (excludes halogenated alkanes) is 30. The number of hydrogen-bond donors (Lipinski definition) is 11. The molecule has 70 heavy (non-hydrogen) atoms. The van der Waals surface area contributed by atoms with Crippen LogP contribution in [0, 0.1) is 0 Å². The smallest absolute Gasteiger partial charge is 0.249 e. The Hall–Kier alpha value is -1.09. The standard InChI is InChI=1S/C54H105NO15/c1-3-5-7-9-11-13-15-16-17-18-19-20-21-22-23-24-26-28-30-32-34-36-42(59)52(66)55-40(45(60)41(58)35-33-31-29-27-25-14-12-10-8-6-4-2)39-67-54-51(49(64)47(62)44(38-57)69-54)70-53-50(65)48(63)46(61)43(37-56)68-53/h40-51,53-54,56-65H,3-39H2,1-2H3,(H,55,66)/t40-,41+,42+,43+,44+,45-,46+,47-,48-,49-,50+,51+,53+,54-/m0/s1. The highest BCUT2D eigenvalue weighted by Crippen LogP contribution is 2.30. The van der Waals surface area contributed by atoms with E-state index in [2.05, 4.69) is 19.2 Å². The highest BCUT2D eigenvalue weighted by Gasteiger charge is 2.51. The zero-order valence-corrected chi connectivity index (χ0v) is 43.8. The van der Waals surface area contributed by atoms with Crippen LogP contribution in [0.1, 0.15) is 232 Å². The summed E-state index contributed by atoms with van der Waals surface area (Å²) in [5.41, 5.74) is 0. The molecule has 14 atom stereocenters. The molecule has 2 fully saturated rings. The predicted octanol–water partition coefficient (Wildman–Crippen LogP) is 6.50. The van der Waals surface area contributed by atoms with Crippen LogP contribution in [0.4, 0.5) is 0 Å². The van der Waals surface area contributed by atoms with Crippen LogP contribution in [0.25, 0.3) is 0 Å². The predicted molar refractivity (Wildman–Crippen MR) is 271 cm³/mol. The van der Waals surface area contributed by atoms with Gasteiger partial charge in [0, 0.05) is 0 Å². The quantitative estimate of drug-likeness (QED) is 0.0291. The third-order valence-electron chi connectivity index (χ3n) is 14.5. The second kappa shape index (κ2) is 41.2. The van der Waals surface area contributed by atoms with Crippen molar-refractivity contribution in [3.8, 4) is 0 Å². The number of rotatable bonds is 45. The van der Waals surface area contributed by atoms with Gasteiger partial charge in [-0.05, 0) is 12.8 Å². The highest BCUT2D eigenvalue weighted by molar-refractivity contribution is 5.80. The molecule has 0 unspecified atom stereocenters. The summed E-state index contributed by atoms with van der Waals surface area (Å²) in [6.45, 7) is 2.40. The molecule has 11 N–H and O–H groups in total. The van der Waals surface area contributed by atoms with Crippen molar-refractivity contribution in [2.24, 2.45) is 0 Å². The molecule has 0 aromatic carbocycles. The Morgan fingerprint density at radius 2 is 0.829 bits per heavy atom. The van der Waals surface area contributed by atoms with E-state index in [1.807, 2.05) is 0 Å². The van der Waals surface area contributed by atoms with Gasteiger partial charge in [0.05, 0.1) is 32.0 Å². The molecule has 2 rings (SSSR count). The Kier molecular flexibility index (Phi) is 38.3. The van der Waals surface area contributed by atoms with Gasteiger partial charge in [0.25, 0.3) is 0 Å². The Morgan fingerprint density at radius 3 is 1.23 bits per heavy atom. The van der Waals surface area contributed by atoms with Gasteiger partial charge in [-0.1, -0.05) is 219 Å². The zero-order chi connectivity index (χ0) is 51.4. The molecule has 0 aromatic rings. The van der Waals surface area contributed by atoms with Gasteiger partial charge in [0.2, 0.25) is 5.91 Å². The van der Waals surface area contributed by atoms with Crippen molar-refractivity contribution in [2.45, 2.75) is 318 Å². The van der Waals surface area contributed by atoms with E-state index >= 15 is 0 Å². The third kappa shape index (κ3) is 26.9. The molecule has 0 aliphatic carbocycles. The number of amides is 1. The van der Waals surface area contributed by atoms with Crippen molar-refractivity contribution in [2.75, 3.05) is 19.8 Å². The first kappa shape index (κ1) is 65.0. The first-order valence-electron chi connectivity index (χ1n) is 28.5. The average molecular weight is 1010 g/mol. The van der Waals surface area contributed by atoms with Gasteiger partial charge in [-0.15, -0.1) is 0 Å². The minimum absolute atomic E-state index is 0.193. The molecule has 1 amide bonds. The van der Waals surface area contributed by atoms with E-state index in [0.29, 0.717) is 12.8 Å². The number of ether oxygens (including phenoxy) is 4. The summed E-state index contributed by atoms with van der Waals surface area (Å²) in [7, 11) is 0. The third-order valence-corrected chi connectivity index (χ3v) is 14.5. The molecular weight excluding hydrogens is 903 g/mol. The summed E-state index contributed by atoms with van der Waals surface area (Å²) >= 11 is 0. The number of aliphatic hydroxyl groups is 10. The van der Waals surface area contributed by atoms with Crippen LogP contribution in [0.3, 0.4) is 0 Å². The minimum Gasteiger partial charge on any atom is -0.394 e. The summed E-state index contributed by atoms with van der Waals surface area (Å²) < 4.78 is 22.9. The van der Waals surface area contributed by atoms with Crippen LogP contribution in [-0.4, -0.2) is 163 Å². The zero-order valence-electron chi connectivity index (χ0n) is 43.8. The van der Waals surface area contributed by atoms with Crippen LogP contribution in [-0.2, 0) is 23.7 Å². The van der Waals surface area contributed by atoms with Gasteiger partial charge >= 0.3 is 0 Å². The van der Waals surface area contributed by atoms with Gasteiger partial charge < -0.3 is 75.3 Å². The van der Waals surface area contributed by atoms with E-state index in [1.54, 1.807) is 0 Å². The van der Waals surface area contributed by atoms with Crippen molar-refractivity contribution < 1.29 is 74.8 Å². The molecule has 0 saturated carbocycles. The molecule has 2 aliphatic heterocycles. The van der Waals surface area contributed by atoms with Crippen LogP contribution >= 0.6 is 0 Å². The molecule has 2 saturated heterocycles. The first-order valence-corrected chi connectivity index (χ1v) is 28.5. The van der Waals surface area contributed by atoms with Crippen LogP contribution in [0.2, 0.25) is 0 Å². The molecule has 0 aromatic heterocycles. The molecule has 16 nitrogen and oxygen atoms in total. The van der Waals surface area contributed by atoms with Crippen LogP contribution in [0.5, 0.6) is 0 Å². The van der Waals surface area contributed by atoms with Gasteiger partial charge in [0.1, 0.15) is 61.0 Å². The summed E-state index contributed by atoms with van der Waals surface area (Å²) in [5, 5.41) is 109. The van der Waals surface area contributed by atoms with Crippen LogP contribution < -0.4 is 5.32 Å². The Labute approximate surface area is 422 Å². The number of aliphatic hydroxyl groups excluding tert-OH is 10. The topological polar surface area (TPSA) is 268 Å². The SMILES string of the molecule is CCCCCCCCCCCCCCCCCCCCCCC[C@@H](O)C(=O)N[C@@H](CO[C@H]1O[C@H](CO)[C@H](O)[C@H](O)[C@H]1O[C@H]1O[C@H](CO)[C@@H](O)[C@H](O)[C@H]1O)[C@H](O)[C@H](O)CCCCCCCCCCCCC. The summed E-state index contributed by atoms with van der Waals surface area (Å²) in [6.07, 6.45) is 17.9.